The summed E-state index contributed by atoms with van der Waals surface area (Å²) in [5.74, 6) is 0. The third-order valence-electron chi connectivity index (χ3n) is 3.10. The van der Waals surface area contributed by atoms with Gasteiger partial charge in [0.1, 0.15) is 0 Å². The molecule has 3 aromatic rings. The van der Waals surface area contributed by atoms with E-state index >= 15 is 0 Å². The Morgan fingerprint density at radius 2 is 2.05 bits per heavy atom. The molecule has 0 aliphatic rings. The second kappa shape index (κ2) is 5.42. The Morgan fingerprint density at radius 3 is 2.80 bits per heavy atom. The van der Waals surface area contributed by atoms with E-state index in [2.05, 4.69) is 34.5 Å². The molecule has 0 saturated heterocycles. The minimum Gasteiger partial charge on any atom is -0.356 e. The van der Waals surface area contributed by atoms with E-state index in [0.717, 1.165) is 6.42 Å². The Bertz CT molecular complexity index is 793. The van der Waals surface area contributed by atoms with Gasteiger partial charge in [0, 0.05) is 18.8 Å². The van der Waals surface area contributed by atoms with Crippen molar-refractivity contribution in [2.75, 3.05) is 5.32 Å². The maximum Gasteiger partial charge on any atom is 0.275 e. The van der Waals surface area contributed by atoms with Gasteiger partial charge in [-0.05, 0) is 17.5 Å². The molecule has 0 aliphatic heterocycles. The van der Waals surface area contributed by atoms with Crippen LogP contribution >= 0.6 is 11.3 Å². The standard InChI is InChI=1S/C14H14N4OS/c1-2-10-5-3-4-6-11(10)9-16-13-17-18-12(19)7-8-15-14(18)20-13/h3-8H,2,9H2,1H3,(H,16,17). The van der Waals surface area contributed by atoms with Crippen LogP contribution in [0.3, 0.4) is 0 Å². The summed E-state index contributed by atoms with van der Waals surface area (Å²) in [6, 6.07) is 9.71. The van der Waals surface area contributed by atoms with Crippen molar-refractivity contribution in [2.45, 2.75) is 19.9 Å². The van der Waals surface area contributed by atoms with E-state index in [4.69, 9.17) is 0 Å². The summed E-state index contributed by atoms with van der Waals surface area (Å²) in [7, 11) is 0. The number of aryl methyl sites for hydroxylation is 1. The van der Waals surface area contributed by atoms with Crippen molar-refractivity contribution in [1.29, 1.82) is 0 Å². The smallest absolute Gasteiger partial charge is 0.275 e. The normalized spacial score (nSPS) is 10.8. The van der Waals surface area contributed by atoms with Crippen LogP contribution in [0.1, 0.15) is 18.1 Å². The minimum absolute atomic E-state index is 0.159. The Kier molecular flexibility index (Phi) is 3.47. The van der Waals surface area contributed by atoms with Gasteiger partial charge in [0.25, 0.3) is 5.56 Å². The molecular formula is C14H14N4OS. The zero-order valence-corrected chi connectivity index (χ0v) is 11.9. The van der Waals surface area contributed by atoms with Crippen LogP contribution in [0.15, 0.2) is 41.3 Å². The van der Waals surface area contributed by atoms with Crippen molar-refractivity contribution in [3.63, 3.8) is 0 Å². The molecule has 2 heterocycles. The molecule has 20 heavy (non-hydrogen) atoms. The molecule has 2 aromatic heterocycles. The summed E-state index contributed by atoms with van der Waals surface area (Å²) in [5, 5.41) is 8.19. The van der Waals surface area contributed by atoms with Gasteiger partial charge in [-0.25, -0.2) is 4.98 Å². The van der Waals surface area contributed by atoms with Crippen molar-refractivity contribution >= 4 is 21.4 Å². The predicted octanol–water partition coefficient (Wildman–Crippen LogP) is 2.33. The molecule has 102 valence electrons. The van der Waals surface area contributed by atoms with E-state index in [1.807, 2.05) is 12.1 Å². The van der Waals surface area contributed by atoms with E-state index < -0.39 is 0 Å². The van der Waals surface area contributed by atoms with Crippen molar-refractivity contribution in [2.24, 2.45) is 0 Å². The van der Waals surface area contributed by atoms with Gasteiger partial charge in [-0.15, -0.1) is 5.10 Å². The van der Waals surface area contributed by atoms with Crippen LogP contribution in [0, 0.1) is 0 Å². The highest BCUT2D eigenvalue weighted by Crippen LogP contribution is 2.18. The highest BCUT2D eigenvalue weighted by molar-refractivity contribution is 7.20. The minimum atomic E-state index is -0.159. The first-order valence-electron chi connectivity index (χ1n) is 6.43. The summed E-state index contributed by atoms with van der Waals surface area (Å²) in [5.41, 5.74) is 2.40. The van der Waals surface area contributed by atoms with Crippen LogP contribution in [0.25, 0.3) is 4.96 Å². The Balaban J connectivity index is 1.83. The Hall–Kier alpha value is -2.21. The molecule has 1 N–H and O–H groups in total. The highest BCUT2D eigenvalue weighted by atomic mass is 32.1. The number of aromatic nitrogens is 3. The molecule has 0 amide bonds. The van der Waals surface area contributed by atoms with Gasteiger partial charge in [-0.3, -0.25) is 4.79 Å². The predicted molar refractivity (Wildman–Crippen MR) is 80.3 cm³/mol. The molecule has 0 saturated carbocycles. The highest BCUT2D eigenvalue weighted by Gasteiger charge is 2.06. The monoisotopic (exact) mass is 286 g/mol. The molecular weight excluding hydrogens is 272 g/mol. The van der Waals surface area contributed by atoms with Gasteiger partial charge in [0.2, 0.25) is 10.1 Å². The molecule has 0 spiro atoms. The largest absolute Gasteiger partial charge is 0.356 e. The van der Waals surface area contributed by atoms with Gasteiger partial charge in [-0.2, -0.15) is 4.52 Å². The molecule has 0 unspecified atom stereocenters. The molecule has 0 radical (unpaired) electrons. The summed E-state index contributed by atoms with van der Waals surface area (Å²) in [4.78, 5) is 16.3. The Labute approximate surface area is 119 Å². The third-order valence-corrected chi connectivity index (χ3v) is 3.98. The van der Waals surface area contributed by atoms with Crippen molar-refractivity contribution in [1.82, 2.24) is 14.6 Å². The van der Waals surface area contributed by atoms with Crippen LogP contribution in [0.2, 0.25) is 0 Å². The van der Waals surface area contributed by atoms with Gasteiger partial charge < -0.3 is 5.32 Å². The van der Waals surface area contributed by atoms with E-state index in [1.54, 1.807) is 0 Å². The molecule has 5 nitrogen and oxygen atoms in total. The zero-order chi connectivity index (χ0) is 13.9. The molecule has 0 atom stereocenters. The number of fused-ring (bicyclic) bond motifs is 1. The van der Waals surface area contributed by atoms with Crippen LogP contribution < -0.4 is 10.9 Å². The van der Waals surface area contributed by atoms with E-state index in [1.165, 1.54) is 39.2 Å². The summed E-state index contributed by atoms with van der Waals surface area (Å²) >= 11 is 1.37. The number of benzene rings is 1. The van der Waals surface area contributed by atoms with Gasteiger partial charge >= 0.3 is 0 Å². The molecule has 1 aromatic carbocycles. The zero-order valence-electron chi connectivity index (χ0n) is 11.0. The maximum atomic E-state index is 11.6. The first-order chi connectivity index (χ1) is 9.78. The number of nitrogens with zero attached hydrogens (tertiary/aromatic N) is 3. The van der Waals surface area contributed by atoms with Gasteiger partial charge in [-0.1, -0.05) is 42.5 Å². The number of nitrogens with one attached hydrogen (secondary N) is 1. The van der Waals surface area contributed by atoms with Crippen molar-refractivity contribution in [3.8, 4) is 0 Å². The maximum absolute atomic E-state index is 11.6. The number of rotatable bonds is 4. The average molecular weight is 286 g/mol. The van der Waals surface area contributed by atoms with E-state index in [9.17, 15) is 4.79 Å². The first-order valence-corrected chi connectivity index (χ1v) is 7.25. The SMILES string of the molecule is CCc1ccccc1CNc1nn2c(=O)ccnc2s1. The second-order valence-electron chi connectivity index (χ2n) is 4.36. The summed E-state index contributed by atoms with van der Waals surface area (Å²) in [6.07, 6.45) is 2.50. The van der Waals surface area contributed by atoms with Gasteiger partial charge in [0.05, 0.1) is 0 Å². The lowest BCUT2D eigenvalue weighted by Gasteiger charge is -2.07. The lowest BCUT2D eigenvalue weighted by molar-refractivity contribution is 0.894. The second-order valence-corrected chi connectivity index (χ2v) is 5.32. The topological polar surface area (TPSA) is 59.3 Å². The van der Waals surface area contributed by atoms with Crippen molar-refractivity contribution in [3.05, 3.63) is 58.0 Å². The first kappa shape index (κ1) is 12.8. The van der Waals surface area contributed by atoms with Crippen LogP contribution in [0.4, 0.5) is 5.13 Å². The lowest BCUT2D eigenvalue weighted by Crippen LogP contribution is -2.12. The number of hydrogen-bond acceptors (Lipinski definition) is 5. The van der Waals surface area contributed by atoms with E-state index in [-0.39, 0.29) is 5.56 Å². The number of hydrogen-bond donors (Lipinski definition) is 1. The summed E-state index contributed by atoms with van der Waals surface area (Å²) in [6.45, 7) is 2.83. The molecule has 0 bridgehead atoms. The van der Waals surface area contributed by atoms with Crippen LogP contribution in [-0.4, -0.2) is 14.6 Å². The van der Waals surface area contributed by atoms with Crippen LogP contribution in [0.5, 0.6) is 0 Å². The lowest BCUT2D eigenvalue weighted by atomic mass is 10.1. The molecule has 3 rings (SSSR count). The van der Waals surface area contributed by atoms with Crippen LogP contribution in [-0.2, 0) is 13.0 Å². The molecule has 0 fully saturated rings. The fraction of sp³-hybridized carbons (Fsp3) is 0.214. The average Bonchev–Trinajstić information content (AvgIpc) is 2.90. The fourth-order valence-electron chi connectivity index (χ4n) is 2.06. The number of anilines is 1. The Morgan fingerprint density at radius 1 is 1.25 bits per heavy atom. The van der Waals surface area contributed by atoms with E-state index in [0.29, 0.717) is 16.6 Å². The molecule has 6 heteroatoms. The van der Waals surface area contributed by atoms with Crippen molar-refractivity contribution < 1.29 is 0 Å². The fourth-order valence-corrected chi connectivity index (χ4v) is 2.83. The summed E-state index contributed by atoms with van der Waals surface area (Å²) < 4.78 is 1.32. The third kappa shape index (κ3) is 2.42. The van der Waals surface area contributed by atoms with Gasteiger partial charge in [0.15, 0.2) is 0 Å². The molecule has 0 aliphatic carbocycles. The quantitative estimate of drug-likeness (QED) is 0.799.